The maximum absolute atomic E-state index is 12.3. The van der Waals surface area contributed by atoms with Gasteiger partial charge in [0.05, 0.1) is 5.92 Å². The highest BCUT2D eigenvalue weighted by Crippen LogP contribution is 2.29. The van der Waals surface area contributed by atoms with Crippen molar-refractivity contribution < 1.29 is 14.3 Å². The third-order valence-electron chi connectivity index (χ3n) is 4.05. The standard InChI is InChI=1S/C19H19ClN2O3/c20-16-6-7-17-14(11-16)10-15(12-25-17)19(24)22-9-8-21-18(23)13-4-2-1-3-5-13/h1-7,11,15H,8-10,12H2,(H,21,23)(H,22,24). The van der Waals surface area contributed by atoms with Gasteiger partial charge >= 0.3 is 0 Å². The van der Waals surface area contributed by atoms with Gasteiger partial charge in [-0.1, -0.05) is 29.8 Å². The average Bonchev–Trinajstić information content (AvgIpc) is 2.65. The Morgan fingerprint density at radius 3 is 2.64 bits per heavy atom. The van der Waals surface area contributed by atoms with E-state index in [1.54, 1.807) is 18.2 Å². The van der Waals surface area contributed by atoms with E-state index in [2.05, 4.69) is 10.6 Å². The fraction of sp³-hybridized carbons (Fsp3) is 0.263. The summed E-state index contributed by atoms with van der Waals surface area (Å²) in [6.07, 6.45) is 0.595. The topological polar surface area (TPSA) is 67.4 Å². The van der Waals surface area contributed by atoms with Crippen molar-refractivity contribution >= 4 is 23.4 Å². The predicted molar refractivity (Wildman–Crippen MR) is 95.9 cm³/mol. The summed E-state index contributed by atoms with van der Waals surface area (Å²) >= 11 is 5.99. The van der Waals surface area contributed by atoms with Gasteiger partial charge in [0.1, 0.15) is 12.4 Å². The van der Waals surface area contributed by atoms with Gasteiger partial charge in [-0.05, 0) is 42.3 Å². The lowest BCUT2D eigenvalue weighted by Crippen LogP contribution is -2.41. The average molecular weight is 359 g/mol. The van der Waals surface area contributed by atoms with E-state index in [9.17, 15) is 9.59 Å². The summed E-state index contributed by atoms with van der Waals surface area (Å²) in [5.41, 5.74) is 1.54. The summed E-state index contributed by atoms with van der Waals surface area (Å²) in [5, 5.41) is 6.25. The molecule has 2 aromatic rings. The number of nitrogens with one attached hydrogen (secondary N) is 2. The van der Waals surface area contributed by atoms with Crippen LogP contribution in [0.15, 0.2) is 48.5 Å². The molecule has 25 heavy (non-hydrogen) atoms. The molecule has 0 fully saturated rings. The maximum atomic E-state index is 12.3. The molecule has 0 bridgehead atoms. The minimum Gasteiger partial charge on any atom is -0.492 e. The molecule has 0 spiro atoms. The summed E-state index contributed by atoms with van der Waals surface area (Å²) in [5.74, 6) is 0.290. The summed E-state index contributed by atoms with van der Waals surface area (Å²) in [6, 6.07) is 14.4. The Bertz CT molecular complexity index is 765. The molecule has 1 atom stereocenters. The minimum atomic E-state index is -0.254. The first-order valence-corrected chi connectivity index (χ1v) is 8.53. The van der Waals surface area contributed by atoms with E-state index < -0.39 is 0 Å². The van der Waals surface area contributed by atoms with Crippen molar-refractivity contribution in [1.29, 1.82) is 0 Å². The second-order valence-electron chi connectivity index (χ2n) is 5.88. The van der Waals surface area contributed by atoms with Crippen LogP contribution in [0.4, 0.5) is 0 Å². The number of hydrogen-bond donors (Lipinski definition) is 2. The number of carbonyl (C=O) groups excluding carboxylic acids is 2. The predicted octanol–water partition coefficient (Wildman–Crippen LogP) is 2.44. The second-order valence-corrected chi connectivity index (χ2v) is 6.31. The van der Waals surface area contributed by atoms with Gasteiger partial charge in [-0.25, -0.2) is 0 Å². The Hall–Kier alpha value is -2.53. The molecule has 2 aromatic carbocycles. The molecule has 0 radical (unpaired) electrons. The van der Waals surface area contributed by atoms with Crippen LogP contribution < -0.4 is 15.4 Å². The SMILES string of the molecule is O=C(NCCNC(=O)C1COc2ccc(Cl)cc2C1)c1ccccc1. The third kappa shape index (κ3) is 4.51. The van der Waals surface area contributed by atoms with Crippen molar-refractivity contribution in [2.75, 3.05) is 19.7 Å². The number of hydrogen-bond acceptors (Lipinski definition) is 3. The lowest BCUT2D eigenvalue weighted by Gasteiger charge is -2.24. The van der Waals surface area contributed by atoms with E-state index in [1.807, 2.05) is 30.3 Å². The molecule has 0 aromatic heterocycles. The fourth-order valence-corrected chi connectivity index (χ4v) is 2.92. The molecule has 5 nitrogen and oxygen atoms in total. The van der Waals surface area contributed by atoms with Crippen LogP contribution in [-0.4, -0.2) is 31.5 Å². The van der Waals surface area contributed by atoms with Crippen LogP contribution in [-0.2, 0) is 11.2 Å². The first-order chi connectivity index (χ1) is 12.1. The minimum absolute atomic E-state index is 0.0837. The highest BCUT2D eigenvalue weighted by molar-refractivity contribution is 6.30. The van der Waals surface area contributed by atoms with Crippen LogP contribution in [0.1, 0.15) is 15.9 Å². The lowest BCUT2D eigenvalue weighted by molar-refractivity contribution is -0.126. The Morgan fingerprint density at radius 2 is 1.84 bits per heavy atom. The molecular weight excluding hydrogens is 340 g/mol. The van der Waals surface area contributed by atoms with Crippen molar-refractivity contribution in [3.8, 4) is 5.75 Å². The van der Waals surface area contributed by atoms with Gasteiger partial charge in [0, 0.05) is 23.7 Å². The van der Waals surface area contributed by atoms with Crippen molar-refractivity contribution in [1.82, 2.24) is 10.6 Å². The van der Waals surface area contributed by atoms with Gasteiger partial charge in [-0.2, -0.15) is 0 Å². The van der Waals surface area contributed by atoms with Crippen molar-refractivity contribution in [2.45, 2.75) is 6.42 Å². The quantitative estimate of drug-likeness (QED) is 0.807. The van der Waals surface area contributed by atoms with Gasteiger partial charge in [0.25, 0.3) is 5.91 Å². The molecule has 1 heterocycles. The normalized spacial score (nSPS) is 15.6. The molecule has 2 N–H and O–H groups in total. The number of rotatable bonds is 5. The number of amides is 2. The zero-order valence-electron chi connectivity index (χ0n) is 13.6. The lowest BCUT2D eigenvalue weighted by atomic mass is 9.96. The van der Waals surface area contributed by atoms with Gasteiger partial charge in [-0.3, -0.25) is 9.59 Å². The van der Waals surface area contributed by atoms with E-state index in [-0.39, 0.29) is 17.7 Å². The van der Waals surface area contributed by atoms with Crippen LogP contribution in [0.5, 0.6) is 5.75 Å². The monoisotopic (exact) mass is 358 g/mol. The third-order valence-corrected chi connectivity index (χ3v) is 4.28. The van der Waals surface area contributed by atoms with E-state index in [4.69, 9.17) is 16.3 Å². The first-order valence-electron chi connectivity index (χ1n) is 8.15. The first kappa shape index (κ1) is 17.3. The number of benzene rings is 2. The van der Waals surface area contributed by atoms with Crippen LogP contribution >= 0.6 is 11.6 Å². The smallest absolute Gasteiger partial charge is 0.251 e. The van der Waals surface area contributed by atoms with Crippen molar-refractivity contribution in [2.24, 2.45) is 5.92 Å². The van der Waals surface area contributed by atoms with Crippen molar-refractivity contribution in [3.63, 3.8) is 0 Å². The van der Waals surface area contributed by atoms with E-state index >= 15 is 0 Å². The molecular formula is C19H19ClN2O3. The molecule has 1 aliphatic rings. The van der Waals surface area contributed by atoms with Gasteiger partial charge in [0.15, 0.2) is 0 Å². The van der Waals surface area contributed by atoms with Crippen LogP contribution in [0.2, 0.25) is 5.02 Å². The molecule has 0 saturated heterocycles. The van der Waals surface area contributed by atoms with E-state index in [1.165, 1.54) is 0 Å². The highest BCUT2D eigenvalue weighted by atomic mass is 35.5. The Kier molecular flexibility index (Phi) is 5.56. The number of ether oxygens (including phenoxy) is 1. The molecule has 1 unspecified atom stereocenters. The Labute approximate surface area is 151 Å². The molecule has 0 aliphatic carbocycles. The largest absolute Gasteiger partial charge is 0.492 e. The fourth-order valence-electron chi connectivity index (χ4n) is 2.73. The summed E-state index contributed by atoms with van der Waals surface area (Å²) < 4.78 is 5.63. The van der Waals surface area contributed by atoms with Gasteiger partial charge in [0.2, 0.25) is 5.91 Å². The zero-order valence-corrected chi connectivity index (χ0v) is 14.4. The second kappa shape index (κ2) is 8.03. The highest BCUT2D eigenvalue weighted by Gasteiger charge is 2.25. The molecule has 2 amide bonds. The molecule has 3 rings (SSSR count). The van der Waals surface area contributed by atoms with Gasteiger partial charge in [-0.15, -0.1) is 0 Å². The number of halogens is 1. The molecule has 0 saturated carbocycles. The number of fused-ring (bicyclic) bond motifs is 1. The molecule has 1 aliphatic heterocycles. The van der Waals surface area contributed by atoms with Crippen molar-refractivity contribution in [3.05, 3.63) is 64.7 Å². The van der Waals surface area contributed by atoms with Gasteiger partial charge < -0.3 is 15.4 Å². The van der Waals surface area contributed by atoms with E-state index in [0.717, 1.165) is 11.3 Å². The number of carbonyl (C=O) groups is 2. The maximum Gasteiger partial charge on any atom is 0.251 e. The Morgan fingerprint density at radius 1 is 1.08 bits per heavy atom. The summed E-state index contributed by atoms with van der Waals surface area (Å²) in [4.78, 5) is 24.2. The van der Waals surface area contributed by atoms with Crippen LogP contribution in [0.25, 0.3) is 0 Å². The Balaban J connectivity index is 1.43. The summed E-state index contributed by atoms with van der Waals surface area (Å²) in [7, 11) is 0. The molecule has 6 heteroatoms. The van der Waals surface area contributed by atoms with Crippen LogP contribution in [0.3, 0.4) is 0 Å². The molecule has 130 valence electrons. The van der Waals surface area contributed by atoms with Crippen LogP contribution in [0, 0.1) is 5.92 Å². The summed E-state index contributed by atoms with van der Waals surface area (Å²) in [6.45, 7) is 1.09. The zero-order chi connectivity index (χ0) is 17.6. The van der Waals surface area contributed by atoms with E-state index in [0.29, 0.717) is 36.7 Å².